The highest BCUT2D eigenvalue weighted by Gasteiger charge is 2.20. The third-order valence-electron chi connectivity index (χ3n) is 4.48. The molecule has 0 bridgehead atoms. The number of fused-ring (bicyclic) bond motifs is 1. The van der Waals surface area contributed by atoms with Gasteiger partial charge < -0.3 is 29.4 Å². The number of hydrogen-bond donors (Lipinski definition) is 2. The second-order valence-corrected chi connectivity index (χ2v) is 6.42. The summed E-state index contributed by atoms with van der Waals surface area (Å²) < 4.78 is 42.7. The average Bonchev–Trinajstić information content (AvgIpc) is 3.31. The van der Waals surface area contributed by atoms with Crippen LogP contribution in [-0.4, -0.2) is 42.5 Å². The Kier molecular flexibility index (Phi) is 7.09. The zero-order valence-electron chi connectivity index (χ0n) is 16.5. The summed E-state index contributed by atoms with van der Waals surface area (Å²) in [5.74, 6) is 2.51. The molecule has 1 aliphatic heterocycles. The summed E-state index contributed by atoms with van der Waals surface area (Å²) in [6, 6.07) is 3.05. The lowest BCUT2D eigenvalue weighted by Gasteiger charge is -2.15. The van der Waals surface area contributed by atoms with Crippen LogP contribution >= 0.6 is 0 Å². The van der Waals surface area contributed by atoms with Gasteiger partial charge in [0.15, 0.2) is 17.5 Å². The van der Waals surface area contributed by atoms with Gasteiger partial charge in [-0.1, -0.05) is 0 Å². The Bertz CT molecular complexity index is 841. The van der Waals surface area contributed by atoms with Gasteiger partial charge in [0.2, 0.25) is 6.79 Å². The molecule has 0 saturated heterocycles. The number of guanidine groups is 1. The van der Waals surface area contributed by atoms with E-state index in [1.807, 2.05) is 13.1 Å². The molecule has 0 spiro atoms. The number of ether oxygens (including phenoxy) is 3. The number of unbranched alkanes of at least 4 members (excludes halogenated alkanes) is 1. The summed E-state index contributed by atoms with van der Waals surface area (Å²) in [7, 11) is 1.65. The van der Waals surface area contributed by atoms with Crippen LogP contribution in [0.2, 0.25) is 0 Å². The van der Waals surface area contributed by atoms with Gasteiger partial charge in [-0.3, -0.25) is 4.99 Å². The molecule has 2 aromatic rings. The second-order valence-electron chi connectivity index (χ2n) is 6.42. The first-order valence-electron chi connectivity index (χ1n) is 9.36. The molecule has 29 heavy (non-hydrogen) atoms. The van der Waals surface area contributed by atoms with E-state index >= 15 is 0 Å². The lowest BCUT2D eigenvalue weighted by molar-refractivity contribution is -0.0505. The van der Waals surface area contributed by atoms with Gasteiger partial charge in [0.1, 0.15) is 11.6 Å². The summed E-state index contributed by atoms with van der Waals surface area (Å²) in [6.07, 6.45) is 5.70. The molecule has 158 valence electrons. The number of imidazole rings is 1. The molecule has 1 aromatic heterocycles. The smallest absolute Gasteiger partial charge is 0.387 e. The molecule has 10 heteroatoms. The molecule has 0 atom stereocenters. The maximum atomic E-state index is 12.7. The first kappa shape index (κ1) is 20.7. The minimum Gasteiger partial charge on any atom is -0.454 e. The second kappa shape index (κ2) is 9.94. The van der Waals surface area contributed by atoms with Gasteiger partial charge in [0.05, 0.1) is 0 Å². The molecule has 0 fully saturated rings. The van der Waals surface area contributed by atoms with Crippen molar-refractivity contribution in [2.75, 3.05) is 20.4 Å². The van der Waals surface area contributed by atoms with Crippen molar-refractivity contribution in [2.24, 2.45) is 4.99 Å². The van der Waals surface area contributed by atoms with E-state index in [2.05, 4.69) is 29.9 Å². The van der Waals surface area contributed by atoms with E-state index in [0.29, 0.717) is 23.0 Å². The van der Waals surface area contributed by atoms with Crippen LogP contribution in [0.5, 0.6) is 17.2 Å². The molecule has 1 aromatic carbocycles. The number of benzene rings is 1. The van der Waals surface area contributed by atoms with E-state index in [0.717, 1.165) is 31.8 Å². The van der Waals surface area contributed by atoms with Crippen LogP contribution in [0.4, 0.5) is 8.78 Å². The van der Waals surface area contributed by atoms with E-state index in [9.17, 15) is 8.78 Å². The van der Waals surface area contributed by atoms with Gasteiger partial charge in [-0.05, 0) is 25.8 Å². The van der Waals surface area contributed by atoms with Gasteiger partial charge in [-0.2, -0.15) is 8.78 Å². The molecule has 2 N–H and O–H groups in total. The zero-order chi connectivity index (χ0) is 20.6. The molecule has 0 amide bonds. The Morgan fingerprint density at radius 3 is 2.76 bits per heavy atom. The number of alkyl halides is 2. The SMILES string of the molecule is CN=C(NCCCCn1ccnc1C)NCc1cc2c(cc1OC(F)F)OCO2. The zero-order valence-corrected chi connectivity index (χ0v) is 16.5. The number of rotatable bonds is 9. The van der Waals surface area contributed by atoms with Crippen LogP contribution in [0.15, 0.2) is 29.5 Å². The molecule has 0 radical (unpaired) electrons. The fraction of sp³-hybridized carbons (Fsp3) is 0.474. The van der Waals surface area contributed by atoms with Gasteiger partial charge in [-0.25, -0.2) is 4.98 Å². The fourth-order valence-corrected chi connectivity index (χ4v) is 2.96. The molecule has 0 saturated carbocycles. The largest absolute Gasteiger partial charge is 0.454 e. The van der Waals surface area contributed by atoms with Crippen molar-refractivity contribution in [3.05, 3.63) is 35.9 Å². The average molecular weight is 409 g/mol. The van der Waals surface area contributed by atoms with Crippen LogP contribution in [-0.2, 0) is 13.1 Å². The van der Waals surface area contributed by atoms with E-state index in [-0.39, 0.29) is 19.1 Å². The van der Waals surface area contributed by atoms with Crippen LogP contribution in [0.1, 0.15) is 24.2 Å². The Morgan fingerprint density at radius 1 is 1.28 bits per heavy atom. The first-order chi connectivity index (χ1) is 14.1. The van der Waals surface area contributed by atoms with Crippen molar-refractivity contribution >= 4 is 5.96 Å². The van der Waals surface area contributed by atoms with Crippen molar-refractivity contribution < 1.29 is 23.0 Å². The number of aryl methyl sites for hydroxylation is 2. The minimum absolute atomic E-state index is 0.0444. The minimum atomic E-state index is -2.93. The predicted molar refractivity (Wildman–Crippen MR) is 104 cm³/mol. The van der Waals surface area contributed by atoms with Crippen LogP contribution in [0.25, 0.3) is 0 Å². The van der Waals surface area contributed by atoms with Gasteiger partial charge in [0.25, 0.3) is 0 Å². The molecule has 0 unspecified atom stereocenters. The number of aliphatic imine (C=N–C) groups is 1. The quantitative estimate of drug-likeness (QED) is 0.377. The number of halogens is 2. The third-order valence-corrected chi connectivity index (χ3v) is 4.48. The van der Waals surface area contributed by atoms with Crippen LogP contribution in [0.3, 0.4) is 0 Å². The van der Waals surface area contributed by atoms with Gasteiger partial charge in [-0.15, -0.1) is 0 Å². The molecule has 8 nitrogen and oxygen atoms in total. The monoisotopic (exact) mass is 409 g/mol. The number of aromatic nitrogens is 2. The highest BCUT2D eigenvalue weighted by atomic mass is 19.3. The van der Waals surface area contributed by atoms with Crippen molar-refractivity contribution in [2.45, 2.75) is 39.5 Å². The fourth-order valence-electron chi connectivity index (χ4n) is 2.96. The standard InChI is InChI=1S/C19H25F2N5O3/c1-13-23-6-8-26(13)7-4-3-5-24-19(22-2)25-11-14-9-16-17(28-12-27-16)10-15(14)29-18(20)21/h6,8-10,18H,3-5,7,11-12H2,1-2H3,(H2,22,24,25). The topological polar surface area (TPSA) is 81.9 Å². The predicted octanol–water partition coefficient (Wildman–Crippen LogP) is 2.67. The summed E-state index contributed by atoms with van der Waals surface area (Å²) >= 11 is 0. The lowest BCUT2D eigenvalue weighted by Crippen LogP contribution is -2.37. The first-order valence-corrected chi connectivity index (χ1v) is 9.36. The van der Waals surface area contributed by atoms with E-state index in [4.69, 9.17) is 9.47 Å². The molecule has 3 rings (SSSR count). The maximum Gasteiger partial charge on any atom is 0.387 e. The van der Waals surface area contributed by atoms with Crippen LogP contribution < -0.4 is 24.8 Å². The van der Waals surface area contributed by atoms with Crippen LogP contribution in [0, 0.1) is 6.92 Å². The van der Waals surface area contributed by atoms with Crippen molar-refractivity contribution in [1.29, 1.82) is 0 Å². The van der Waals surface area contributed by atoms with Crippen molar-refractivity contribution in [3.63, 3.8) is 0 Å². The van der Waals surface area contributed by atoms with E-state index in [1.165, 1.54) is 6.07 Å². The Morgan fingerprint density at radius 2 is 2.07 bits per heavy atom. The Labute approximate surface area is 167 Å². The summed E-state index contributed by atoms with van der Waals surface area (Å²) in [5.41, 5.74) is 0.521. The highest BCUT2D eigenvalue weighted by Crippen LogP contribution is 2.38. The molecule has 1 aliphatic rings. The van der Waals surface area contributed by atoms with E-state index < -0.39 is 6.61 Å². The number of nitrogens with zero attached hydrogens (tertiary/aromatic N) is 3. The van der Waals surface area contributed by atoms with Gasteiger partial charge >= 0.3 is 6.61 Å². The molecule has 2 heterocycles. The molecular weight excluding hydrogens is 384 g/mol. The number of hydrogen-bond acceptors (Lipinski definition) is 5. The number of nitrogens with one attached hydrogen (secondary N) is 2. The van der Waals surface area contributed by atoms with Gasteiger partial charge in [0, 0.05) is 50.7 Å². The highest BCUT2D eigenvalue weighted by molar-refractivity contribution is 5.79. The Balaban J connectivity index is 1.48. The maximum absolute atomic E-state index is 12.7. The summed E-state index contributed by atoms with van der Waals surface area (Å²) in [4.78, 5) is 8.36. The third kappa shape index (κ3) is 5.72. The summed E-state index contributed by atoms with van der Waals surface area (Å²) in [5, 5.41) is 6.32. The summed E-state index contributed by atoms with van der Waals surface area (Å²) in [6.45, 7) is 0.992. The van der Waals surface area contributed by atoms with E-state index in [1.54, 1.807) is 19.3 Å². The lowest BCUT2D eigenvalue weighted by atomic mass is 10.1. The van der Waals surface area contributed by atoms with Crippen molar-refractivity contribution in [1.82, 2.24) is 20.2 Å². The molecule has 0 aliphatic carbocycles. The van der Waals surface area contributed by atoms with Crippen molar-refractivity contribution in [3.8, 4) is 17.2 Å². The Hall–Kier alpha value is -3.04. The molecular formula is C19H25F2N5O3. The normalized spacial score (nSPS) is 13.1.